The molecule has 2 aromatic carbocycles. The van der Waals surface area contributed by atoms with Crippen molar-refractivity contribution in [3.63, 3.8) is 0 Å². The number of hydrogen-bond acceptors (Lipinski definition) is 5. The van der Waals surface area contributed by atoms with Gasteiger partial charge in [0.05, 0.1) is 18.4 Å². The number of rotatable bonds is 7. The Kier molecular flexibility index (Phi) is 6.18. The van der Waals surface area contributed by atoms with Gasteiger partial charge in [-0.25, -0.2) is 0 Å². The van der Waals surface area contributed by atoms with Crippen molar-refractivity contribution in [3.8, 4) is 17.1 Å². The predicted molar refractivity (Wildman–Crippen MR) is 120 cm³/mol. The summed E-state index contributed by atoms with van der Waals surface area (Å²) in [6.45, 7) is 5.15. The normalized spacial score (nSPS) is 13.0. The first-order chi connectivity index (χ1) is 14.7. The number of thioether (sulfide) groups is 1. The van der Waals surface area contributed by atoms with Crippen LogP contribution in [-0.4, -0.2) is 40.1 Å². The highest BCUT2D eigenvalue weighted by molar-refractivity contribution is 7.99. The number of aryl methyl sites for hydroxylation is 1. The third-order valence-corrected chi connectivity index (χ3v) is 6.06. The van der Waals surface area contributed by atoms with Gasteiger partial charge in [-0.05, 0) is 36.6 Å². The minimum Gasteiger partial charge on any atom is -0.496 e. The van der Waals surface area contributed by atoms with Gasteiger partial charge in [-0.2, -0.15) is 0 Å². The van der Waals surface area contributed by atoms with Crippen molar-refractivity contribution in [1.82, 2.24) is 14.8 Å². The lowest BCUT2D eigenvalue weighted by molar-refractivity contribution is -0.116. The van der Waals surface area contributed by atoms with Gasteiger partial charge < -0.3 is 9.64 Å². The molecule has 0 N–H and O–H groups in total. The minimum atomic E-state index is 0.0825. The Balaban J connectivity index is 1.55. The second-order valence-electron chi connectivity index (χ2n) is 6.97. The number of benzene rings is 2. The van der Waals surface area contributed by atoms with E-state index in [0.717, 1.165) is 36.4 Å². The molecule has 0 aliphatic carbocycles. The zero-order valence-electron chi connectivity index (χ0n) is 17.0. The second-order valence-corrected chi connectivity index (χ2v) is 7.91. The number of hydrogen-bond donors (Lipinski definition) is 0. The fourth-order valence-electron chi connectivity index (χ4n) is 3.71. The van der Waals surface area contributed by atoms with E-state index in [0.29, 0.717) is 23.3 Å². The molecule has 30 heavy (non-hydrogen) atoms. The number of ether oxygens (including phenoxy) is 1. The van der Waals surface area contributed by atoms with Crippen LogP contribution in [0.25, 0.3) is 11.4 Å². The SMILES string of the molecule is C=CCn1c(SCC(=O)N2CCCc3ccccc32)nnc1-c1ccccc1OC. The molecule has 0 unspecified atom stereocenters. The van der Waals surface area contributed by atoms with E-state index in [1.807, 2.05) is 51.9 Å². The van der Waals surface area contributed by atoms with E-state index in [1.54, 1.807) is 13.2 Å². The summed E-state index contributed by atoms with van der Waals surface area (Å²) in [6.07, 6.45) is 3.80. The molecule has 0 spiro atoms. The molecule has 3 aromatic rings. The van der Waals surface area contributed by atoms with Crippen molar-refractivity contribution in [2.24, 2.45) is 0 Å². The maximum atomic E-state index is 13.0. The van der Waals surface area contributed by atoms with E-state index in [2.05, 4.69) is 22.8 Å². The molecule has 0 saturated carbocycles. The van der Waals surface area contributed by atoms with Crippen LogP contribution in [0, 0.1) is 0 Å². The molecule has 6 nitrogen and oxygen atoms in total. The molecule has 1 aliphatic heterocycles. The zero-order chi connectivity index (χ0) is 20.9. The molecule has 2 heterocycles. The lowest BCUT2D eigenvalue weighted by Gasteiger charge is -2.29. The number of fused-ring (bicyclic) bond motifs is 1. The van der Waals surface area contributed by atoms with E-state index >= 15 is 0 Å². The van der Waals surface area contributed by atoms with E-state index in [-0.39, 0.29) is 5.91 Å². The molecule has 154 valence electrons. The second kappa shape index (κ2) is 9.17. The van der Waals surface area contributed by atoms with Crippen LogP contribution in [-0.2, 0) is 17.8 Å². The Morgan fingerprint density at radius 1 is 1.20 bits per heavy atom. The lowest BCUT2D eigenvalue weighted by atomic mass is 10.0. The van der Waals surface area contributed by atoms with Crippen LogP contribution in [0.5, 0.6) is 5.75 Å². The fourth-order valence-corrected chi connectivity index (χ4v) is 4.54. The first-order valence-corrected chi connectivity index (χ1v) is 10.9. The highest BCUT2D eigenvalue weighted by Gasteiger charge is 2.23. The topological polar surface area (TPSA) is 60.2 Å². The summed E-state index contributed by atoms with van der Waals surface area (Å²) in [5.41, 5.74) is 3.12. The Morgan fingerprint density at radius 2 is 2.00 bits per heavy atom. The summed E-state index contributed by atoms with van der Waals surface area (Å²) in [5, 5.41) is 9.42. The largest absolute Gasteiger partial charge is 0.496 e. The summed E-state index contributed by atoms with van der Waals surface area (Å²) in [6, 6.07) is 15.8. The molecular formula is C23H24N4O2S. The molecular weight excluding hydrogens is 396 g/mol. The van der Waals surface area contributed by atoms with Gasteiger partial charge in [0, 0.05) is 18.8 Å². The Hall–Kier alpha value is -3.06. The predicted octanol–water partition coefficient (Wildman–Crippen LogP) is 4.21. The highest BCUT2D eigenvalue weighted by atomic mass is 32.2. The quantitative estimate of drug-likeness (QED) is 0.423. The summed E-state index contributed by atoms with van der Waals surface area (Å²) >= 11 is 1.40. The number of allylic oxidation sites excluding steroid dienone is 1. The summed E-state index contributed by atoms with van der Waals surface area (Å²) in [7, 11) is 1.64. The molecule has 1 amide bonds. The van der Waals surface area contributed by atoms with Crippen molar-refractivity contribution in [2.45, 2.75) is 24.5 Å². The van der Waals surface area contributed by atoms with Crippen LogP contribution in [0.1, 0.15) is 12.0 Å². The van der Waals surface area contributed by atoms with E-state index in [4.69, 9.17) is 4.74 Å². The molecule has 1 aliphatic rings. The number of methoxy groups -OCH3 is 1. The van der Waals surface area contributed by atoms with Gasteiger partial charge in [-0.15, -0.1) is 16.8 Å². The molecule has 0 bridgehead atoms. The first-order valence-electron chi connectivity index (χ1n) is 9.91. The average Bonchev–Trinajstić information content (AvgIpc) is 3.19. The van der Waals surface area contributed by atoms with Crippen LogP contribution >= 0.6 is 11.8 Å². The number of para-hydroxylation sites is 2. The Bertz CT molecular complexity index is 1060. The smallest absolute Gasteiger partial charge is 0.237 e. The van der Waals surface area contributed by atoms with E-state index in [9.17, 15) is 4.79 Å². The fraction of sp³-hybridized carbons (Fsp3) is 0.261. The van der Waals surface area contributed by atoms with Crippen molar-refractivity contribution >= 4 is 23.4 Å². The Morgan fingerprint density at radius 3 is 2.83 bits per heavy atom. The summed E-state index contributed by atoms with van der Waals surface area (Å²) in [5.74, 6) is 1.81. The van der Waals surface area contributed by atoms with Crippen LogP contribution < -0.4 is 9.64 Å². The van der Waals surface area contributed by atoms with Gasteiger partial charge in [0.25, 0.3) is 0 Å². The summed E-state index contributed by atoms with van der Waals surface area (Å²) in [4.78, 5) is 14.9. The molecule has 0 radical (unpaired) electrons. The Labute approximate surface area is 180 Å². The lowest BCUT2D eigenvalue weighted by Crippen LogP contribution is -2.36. The van der Waals surface area contributed by atoms with Gasteiger partial charge in [0.15, 0.2) is 11.0 Å². The maximum absolute atomic E-state index is 13.0. The van der Waals surface area contributed by atoms with Crippen molar-refractivity contribution in [2.75, 3.05) is 24.3 Å². The number of carbonyl (C=O) groups excluding carboxylic acids is 1. The maximum Gasteiger partial charge on any atom is 0.237 e. The van der Waals surface area contributed by atoms with Crippen molar-refractivity contribution in [3.05, 3.63) is 66.7 Å². The van der Waals surface area contributed by atoms with Crippen LogP contribution in [0.3, 0.4) is 0 Å². The van der Waals surface area contributed by atoms with E-state index < -0.39 is 0 Å². The third kappa shape index (κ3) is 3.98. The number of aromatic nitrogens is 3. The zero-order valence-corrected chi connectivity index (χ0v) is 17.8. The molecule has 0 saturated heterocycles. The number of carbonyl (C=O) groups is 1. The molecule has 0 fully saturated rings. The van der Waals surface area contributed by atoms with Crippen LogP contribution in [0.4, 0.5) is 5.69 Å². The molecule has 1 aromatic heterocycles. The minimum absolute atomic E-state index is 0.0825. The number of nitrogens with zero attached hydrogens (tertiary/aromatic N) is 4. The van der Waals surface area contributed by atoms with Gasteiger partial charge >= 0.3 is 0 Å². The van der Waals surface area contributed by atoms with Gasteiger partial charge in [-0.3, -0.25) is 9.36 Å². The van der Waals surface area contributed by atoms with E-state index in [1.165, 1.54) is 17.3 Å². The monoisotopic (exact) mass is 420 g/mol. The van der Waals surface area contributed by atoms with Crippen molar-refractivity contribution < 1.29 is 9.53 Å². The van der Waals surface area contributed by atoms with Crippen molar-refractivity contribution in [1.29, 1.82) is 0 Å². The summed E-state index contributed by atoms with van der Waals surface area (Å²) < 4.78 is 7.44. The van der Waals surface area contributed by atoms with Crippen LogP contribution in [0.15, 0.2) is 66.3 Å². The number of amides is 1. The van der Waals surface area contributed by atoms with Gasteiger partial charge in [0.1, 0.15) is 5.75 Å². The number of anilines is 1. The van der Waals surface area contributed by atoms with Gasteiger partial charge in [-0.1, -0.05) is 48.2 Å². The van der Waals surface area contributed by atoms with Gasteiger partial charge in [0.2, 0.25) is 5.91 Å². The first kappa shape index (κ1) is 20.2. The third-order valence-electron chi connectivity index (χ3n) is 5.11. The molecule has 0 atom stereocenters. The standard InChI is InChI=1S/C23H24N4O2S/c1-3-14-27-22(18-11-5-7-13-20(18)29-2)24-25-23(27)30-16-21(28)26-15-8-10-17-9-4-6-12-19(17)26/h3-7,9,11-13H,1,8,10,14-16H2,2H3. The van der Waals surface area contributed by atoms with Crippen LogP contribution in [0.2, 0.25) is 0 Å². The average molecular weight is 421 g/mol. The molecule has 4 rings (SSSR count). The molecule has 7 heteroatoms. The highest BCUT2D eigenvalue weighted by Crippen LogP contribution is 2.32.